The quantitative estimate of drug-likeness (QED) is 0.313. The van der Waals surface area contributed by atoms with Crippen LogP contribution in [-0.4, -0.2) is 28.6 Å². The number of hydrogen-bond donors (Lipinski definition) is 1. The number of nitrogens with zero attached hydrogens (tertiary/aromatic N) is 2. The van der Waals surface area contributed by atoms with E-state index in [0.29, 0.717) is 27.4 Å². The molecule has 0 fully saturated rings. The van der Waals surface area contributed by atoms with Crippen LogP contribution < -0.4 is 15.6 Å². The fourth-order valence-corrected chi connectivity index (χ4v) is 4.23. The molecule has 0 aliphatic rings. The van der Waals surface area contributed by atoms with E-state index in [1.54, 1.807) is 30.3 Å². The van der Waals surface area contributed by atoms with E-state index in [0.717, 1.165) is 15.8 Å². The predicted molar refractivity (Wildman–Crippen MR) is 144 cm³/mol. The third kappa shape index (κ3) is 5.95. The Morgan fingerprint density at radius 2 is 1.70 bits per heavy atom. The number of aryl methyl sites for hydroxylation is 1. The molecule has 0 radical (unpaired) electrons. The first-order chi connectivity index (χ1) is 17.8. The highest BCUT2D eigenvalue weighted by Gasteiger charge is 2.26. The molecule has 0 bridgehead atoms. The summed E-state index contributed by atoms with van der Waals surface area (Å²) in [5.41, 5.74) is 3.12. The van der Waals surface area contributed by atoms with Gasteiger partial charge in [-0.15, -0.1) is 5.10 Å². The van der Waals surface area contributed by atoms with Crippen molar-refractivity contribution in [1.82, 2.24) is 9.78 Å². The van der Waals surface area contributed by atoms with Crippen LogP contribution in [0.15, 0.2) is 83.7 Å². The summed E-state index contributed by atoms with van der Waals surface area (Å²) in [6.45, 7) is 3.39. The molecule has 0 saturated carbocycles. The Kier molecular flexibility index (Phi) is 7.84. The third-order valence-corrected chi connectivity index (χ3v) is 6.19. The van der Waals surface area contributed by atoms with Crippen molar-refractivity contribution in [3.05, 3.63) is 111 Å². The number of benzene rings is 3. The Morgan fingerprint density at radius 1 is 1.00 bits per heavy atom. The minimum absolute atomic E-state index is 0.0885. The maximum absolute atomic E-state index is 13.5. The van der Waals surface area contributed by atoms with E-state index >= 15 is 0 Å². The Bertz CT molecular complexity index is 1500. The molecule has 4 aromatic rings. The zero-order valence-electron chi connectivity index (χ0n) is 20.7. The second-order valence-corrected chi connectivity index (χ2v) is 9.09. The highest BCUT2D eigenvalue weighted by Crippen LogP contribution is 2.32. The molecule has 0 spiro atoms. The Balaban J connectivity index is 1.81. The van der Waals surface area contributed by atoms with Crippen molar-refractivity contribution >= 4 is 29.0 Å². The Hall–Kier alpha value is -4.23. The summed E-state index contributed by atoms with van der Waals surface area (Å²) >= 11 is 6.20. The number of carbonyl (C=O) groups is 2. The van der Waals surface area contributed by atoms with Crippen LogP contribution in [-0.2, 0) is 11.2 Å². The SMILES string of the molecule is COc1nn(C(Cc2ccccc2)C(=O)Nc2ccc(C)cc2)c(=O)cc1-c1cc(Cl)ccc1C(C)=O. The van der Waals surface area contributed by atoms with Crippen molar-refractivity contribution in [3.63, 3.8) is 0 Å². The van der Waals surface area contributed by atoms with E-state index in [1.165, 1.54) is 20.1 Å². The van der Waals surface area contributed by atoms with Gasteiger partial charge in [-0.25, -0.2) is 4.68 Å². The minimum atomic E-state index is -0.967. The number of Topliss-reactive ketones (excluding diaryl/α,β-unsaturated/α-hetero) is 1. The molecule has 4 rings (SSSR count). The van der Waals surface area contributed by atoms with Gasteiger partial charge in [0.15, 0.2) is 5.78 Å². The summed E-state index contributed by atoms with van der Waals surface area (Å²) in [7, 11) is 1.41. The van der Waals surface area contributed by atoms with Crippen LogP contribution in [0.4, 0.5) is 5.69 Å². The third-order valence-electron chi connectivity index (χ3n) is 5.96. The first-order valence-corrected chi connectivity index (χ1v) is 12.0. The molecule has 37 heavy (non-hydrogen) atoms. The molecular weight excluding hydrogens is 490 g/mol. The Morgan fingerprint density at radius 3 is 2.35 bits per heavy atom. The van der Waals surface area contributed by atoms with E-state index in [9.17, 15) is 14.4 Å². The van der Waals surface area contributed by atoms with Crippen LogP contribution in [0.5, 0.6) is 5.88 Å². The van der Waals surface area contributed by atoms with Gasteiger partial charge in [-0.2, -0.15) is 0 Å². The molecule has 8 heteroatoms. The molecule has 1 atom stereocenters. The standard InChI is InChI=1S/C29H26ClN3O4/c1-18-9-12-22(13-10-18)31-28(36)26(15-20-7-5-4-6-8-20)33-27(35)17-25(29(32-33)37-3)24-16-21(30)11-14-23(24)19(2)34/h4-14,16-17,26H,15H2,1-3H3,(H,31,36). The van der Waals surface area contributed by atoms with Crippen molar-refractivity contribution < 1.29 is 14.3 Å². The number of methoxy groups -OCH3 is 1. The van der Waals surface area contributed by atoms with Crippen molar-refractivity contribution in [2.24, 2.45) is 0 Å². The lowest BCUT2D eigenvalue weighted by Crippen LogP contribution is -2.36. The predicted octanol–water partition coefficient (Wildman–Crippen LogP) is 5.51. The largest absolute Gasteiger partial charge is 0.480 e. The lowest BCUT2D eigenvalue weighted by molar-refractivity contribution is -0.119. The second kappa shape index (κ2) is 11.2. The van der Waals surface area contributed by atoms with Gasteiger partial charge < -0.3 is 10.1 Å². The molecule has 7 nitrogen and oxygen atoms in total. The van der Waals surface area contributed by atoms with Crippen LogP contribution >= 0.6 is 11.6 Å². The molecular formula is C29H26ClN3O4. The van der Waals surface area contributed by atoms with Gasteiger partial charge >= 0.3 is 0 Å². The average molecular weight is 516 g/mol. The molecule has 0 saturated heterocycles. The zero-order valence-corrected chi connectivity index (χ0v) is 21.5. The average Bonchev–Trinajstić information content (AvgIpc) is 2.89. The zero-order chi connectivity index (χ0) is 26.5. The van der Waals surface area contributed by atoms with Crippen LogP contribution in [0.3, 0.4) is 0 Å². The highest BCUT2D eigenvalue weighted by molar-refractivity contribution is 6.31. The number of ketones is 1. The van der Waals surface area contributed by atoms with Gasteiger partial charge in [0, 0.05) is 28.8 Å². The van der Waals surface area contributed by atoms with Gasteiger partial charge in [-0.1, -0.05) is 59.6 Å². The summed E-state index contributed by atoms with van der Waals surface area (Å²) in [6, 6.07) is 21.9. The lowest BCUT2D eigenvalue weighted by Gasteiger charge is -2.20. The maximum Gasteiger partial charge on any atom is 0.268 e. The van der Waals surface area contributed by atoms with Crippen molar-refractivity contribution in [2.75, 3.05) is 12.4 Å². The van der Waals surface area contributed by atoms with E-state index in [-0.39, 0.29) is 18.1 Å². The molecule has 188 valence electrons. The summed E-state index contributed by atoms with van der Waals surface area (Å²) in [5.74, 6) is -0.507. The van der Waals surface area contributed by atoms with Gasteiger partial charge in [0.1, 0.15) is 6.04 Å². The van der Waals surface area contributed by atoms with Crippen molar-refractivity contribution in [1.29, 1.82) is 0 Å². The van der Waals surface area contributed by atoms with E-state index in [2.05, 4.69) is 10.4 Å². The highest BCUT2D eigenvalue weighted by atomic mass is 35.5. The van der Waals surface area contributed by atoms with Gasteiger partial charge in [0.2, 0.25) is 11.8 Å². The number of hydrogen-bond acceptors (Lipinski definition) is 5. The van der Waals surface area contributed by atoms with Crippen molar-refractivity contribution in [3.8, 4) is 17.0 Å². The molecule has 1 aromatic heterocycles. The van der Waals surface area contributed by atoms with Gasteiger partial charge in [-0.05, 0) is 55.3 Å². The van der Waals surface area contributed by atoms with Crippen molar-refractivity contribution in [2.45, 2.75) is 26.3 Å². The summed E-state index contributed by atoms with van der Waals surface area (Å²) in [4.78, 5) is 39.2. The lowest BCUT2D eigenvalue weighted by atomic mass is 9.98. The fraction of sp³-hybridized carbons (Fsp3) is 0.172. The van der Waals surface area contributed by atoms with Crippen LogP contribution in [0.2, 0.25) is 5.02 Å². The Labute approximate surface area is 219 Å². The number of ether oxygens (including phenoxy) is 1. The van der Waals surface area contributed by atoms with E-state index in [1.807, 2.05) is 49.4 Å². The second-order valence-electron chi connectivity index (χ2n) is 8.66. The van der Waals surface area contributed by atoms with E-state index in [4.69, 9.17) is 16.3 Å². The van der Waals surface area contributed by atoms with Crippen LogP contribution in [0, 0.1) is 6.92 Å². The molecule has 0 aliphatic carbocycles. The smallest absolute Gasteiger partial charge is 0.268 e. The summed E-state index contributed by atoms with van der Waals surface area (Å²) in [5, 5.41) is 7.72. The summed E-state index contributed by atoms with van der Waals surface area (Å²) in [6.07, 6.45) is 0.226. The molecule has 1 N–H and O–H groups in total. The molecule has 1 heterocycles. The number of carbonyl (C=O) groups excluding carboxylic acids is 2. The maximum atomic E-state index is 13.5. The number of aromatic nitrogens is 2. The fourth-order valence-electron chi connectivity index (χ4n) is 4.06. The van der Waals surface area contributed by atoms with Gasteiger partial charge in [0.25, 0.3) is 5.56 Å². The van der Waals surface area contributed by atoms with Gasteiger partial charge in [-0.3, -0.25) is 14.4 Å². The first-order valence-electron chi connectivity index (χ1n) is 11.7. The molecule has 1 unspecified atom stereocenters. The molecule has 0 aliphatic heterocycles. The van der Waals surface area contributed by atoms with Crippen LogP contribution in [0.25, 0.3) is 11.1 Å². The first kappa shape index (κ1) is 25.9. The minimum Gasteiger partial charge on any atom is -0.480 e. The monoisotopic (exact) mass is 515 g/mol. The number of nitrogens with one attached hydrogen (secondary N) is 1. The summed E-state index contributed by atoms with van der Waals surface area (Å²) < 4.78 is 6.65. The van der Waals surface area contributed by atoms with E-state index < -0.39 is 17.5 Å². The number of amides is 1. The number of anilines is 1. The molecule has 3 aromatic carbocycles. The molecule has 1 amide bonds. The number of rotatable bonds is 8. The van der Waals surface area contributed by atoms with Crippen LogP contribution in [0.1, 0.15) is 34.5 Å². The normalized spacial score (nSPS) is 11.6. The topological polar surface area (TPSA) is 90.3 Å². The van der Waals surface area contributed by atoms with Gasteiger partial charge in [0.05, 0.1) is 12.7 Å². The number of halogens is 1.